The number of benzene rings is 2. The van der Waals surface area contributed by atoms with Gasteiger partial charge in [0, 0.05) is 24.5 Å². The van der Waals surface area contributed by atoms with E-state index in [9.17, 15) is 9.59 Å². The highest BCUT2D eigenvalue weighted by molar-refractivity contribution is 6.33. The normalized spacial score (nSPS) is 14.5. The quantitative estimate of drug-likeness (QED) is 0.254. The minimum absolute atomic E-state index is 0.0143. The van der Waals surface area contributed by atoms with Gasteiger partial charge < -0.3 is 30.6 Å². The second-order valence-corrected chi connectivity index (χ2v) is 9.19. The molecule has 0 bridgehead atoms. The Bertz CT molecular complexity index is 1020. The van der Waals surface area contributed by atoms with Crippen molar-refractivity contribution in [1.29, 1.82) is 0 Å². The number of piperidine rings is 1. The van der Waals surface area contributed by atoms with E-state index in [0.29, 0.717) is 39.9 Å². The van der Waals surface area contributed by atoms with Gasteiger partial charge in [0.05, 0.1) is 30.5 Å². The third-order valence-corrected chi connectivity index (χ3v) is 6.65. The minimum atomic E-state index is -0.207. The van der Waals surface area contributed by atoms with Gasteiger partial charge in [0.2, 0.25) is 5.91 Å². The average molecular weight is 504 g/mol. The van der Waals surface area contributed by atoms with Crippen LogP contribution in [0.4, 0.5) is 5.69 Å². The number of nitrogen functional groups attached to an aromatic ring is 1. The van der Waals surface area contributed by atoms with Gasteiger partial charge in [-0.1, -0.05) is 11.6 Å². The van der Waals surface area contributed by atoms with Crippen molar-refractivity contribution in [3.8, 4) is 17.2 Å². The van der Waals surface area contributed by atoms with Gasteiger partial charge in [-0.3, -0.25) is 9.59 Å². The zero-order valence-electron chi connectivity index (χ0n) is 20.3. The molecule has 1 fully saturated rings. The van der Waals surface area contributed by atoms with E-state index < -0.39 is 0 Å². The van der Waals surface area contributed by atoms with E-state index in [1.165, 1.54) is 0 Å². The first-order chi connectivity index (χ1) is 16.8. The molecule has 3 rings (SSSR count). The van der Waals surface area contributed by atoms with Gasteiger partial charge in [-0.05, 0) is 69.1 Å². The van der Waals surface area contributed by atoms with Gasteiger partial charge in [-0.25, -0.2) is 0 Å². The highest BCUT2D eigenvalue weighted by Gasteiger charge is 2.23. The molecule has 35 heavy (non-hydrogen) atoms. The molecule has 0 atom stereocenters. The molecule has 0 radical (unpaired) electrons. The number of primary amides is 1. The van der Waals surface area contributed by atoms with E-state index in [2.05, 4.69) is 4.90 Å². The van der Waals surface area contributed by atoms with E-state index >= 15 is 0 Å². The number of anilines is 1. The van der Waals surface area contributed by atoms with Crippen molar-refractivity contribution in [3.05, 3.63) is 46.5 Å². The summed E-state index contributed by atoms with van der Waals surface area (Å²) in [6.07, 6.45) is 3.61. The van der Waals surface area contributed by atoms with Crippen LogP contribution in [0.2, 0.25) is 5.02 Å². The number of ketones is 1. The first kappa shape index (κ1) is 26.6. The van der Waals surface area contributed by atoms with Crippen LogP contribution >= 0.6 is 11.6 Å². The minimum Gasteiger partial charge on any atom is -0.497 e. The summed E-state index contributed by atoms with van der Waals surface area (Å²) in [5, 5.41) is 0.320. The van der Waals surface area contributed by atoms with Gasteiger partial charge in [-0.15, -0.1) is 0 Å². The fraction of sp³-hybridized carbons (Fsp3) is 0.462. The fourth-order valence-corrected chi connectivity index (χ4v) is 4.38. The molecule has 0 saturated carbocycles. The highest BCUT2D eigenvalue weighted by atomic mass is 35.5. The Kier molecular flexibility index (Phi) is 9.63. The van der Waals surface area contributed by atoms with Crippen molar-refractivity contribution in [2.75, 3.05) is 39.6 Å². The largest absolute Gasteiger partial charge is 0.497 e. The number of hydrogen-bond donors (Lipinski definition) is 2. The van der Waals surface area contributed by atoms with E-state index in [4.69, 9.17) is 37.3 Å². The summed E-state index contributed by atoms with van der Waals surface area (Å²) in [7, 11) is 3.17. The molecule has 0 unspecified atom stereocenters. The lowest BCUT2D eigenvalue weighted by Gasteiger charge is -2.30. The molecule has 0 aliphatic carbocycles. The predicted octanol–water partition coefficient (Wildman–Crippen LogP) is 4.07. The molecule has 1 saturated heterocycles. The Morgan fingerprint density at radius 2 is 1.69 bits per heavy atom. The van der Waals surface area contributed by atoms with Crippen molar-refractivity contribution >= 4 is 29.0 Å². The molecule has 4 N–H and O–H groups in total. The Morgan fingerprint density at radius 3 is 2.29 bits per heavy atom. The molecule has 9 heteroatoms. The number of halogens is 1. The summed E-state index contributed by atoms with van der Waals surface area (Å²) in [6.45, 7) is 2.82. The zero-order valence-corrected chi connectivity index (χ0v) is 21.1. The first-order valence-corrected chi connectivity index (χ1v) is 12.2. The Morgan fingerprint density at radius 1 is 1.03 bits per heavy atom. The first-order valence-electron chi connectivity index (χ1n) is 11.8. The topological polar surface area (TPSA) is 117 Å². The molecule has 8 nitrogen and oxygen atoms in total. The number of unbranched alkanes of at least 4 members (excludes halogenated alkanes) is 1. The summed E-state index contributed by atoms with van der Waals surface area (Å²) in [5.74, 6) is 1.42. The van der Waals surface area contributed by atoms with Gasteiger partial charge in [0.15, 0.2) is 5.78 Å². The molecule has 0 spiro atoms. The number of carbonyl (C=O) groups is 2. The van der Waals surface area contributed by atoms with Crippen LogP contribution in [0, 0.1) is 5.92 Å². The van der Waals surface area contributed by atoms with E-state index in [1.54, 1.807) is 32.4 Å². The van der Waals surface area contributed by atoms with Gasteiger partial charge >= 0.3 is 0 Å². The zero-order chi connectivity index (χ0) is 25.4. The maximum Gasteiger partial charge on any atom is 0.220 e. The molecular weight excluding hydrogens is 470 g/mol. The molecule has 1 heterocycles. The number of carbonyl (C=O) groups excluding carboxylic acids is 2. The van der Waals surface area contributed by atoms with Crippen molar-refractivity contribution in [1.82, 2.24) is 4.90 Å². The second-order valence-electron chi connectivity index (χ2n) is 8.78. The second kappa shape index (κ2) is 12.7. The molecule has 1 aliphatic heterocycles. The Balaban J connectivity index is 1.57. The Labute approximate surface area is 211 Å². The van der Waals surface area contributed by atoms with Crippen LogP contribution in [0.25, 0.3) is 0 Å². The molecule has 0 aromatic heterocycles. The fourth-order valence-electron chi connectivity index (χ4n) is 4.21. The number of likely N-dealkylation sites (tertiary alicyclic amines) is 1. The van der Waals surface area contributed by atoms with E-state index in [1.807, 2.05) is 12.1 Å². The Hall–Kier alpha value is -2.97. The number of hydrogen-bond acceptors (Lipinski definition) is 7. The number of rotatable bonds is 12. The number of nitrogens with zero attached hydrogens (tertiary/aromatic N) is 1. The van der Waals surface area contributed by atoms with Gasteiger partial charge in [0.25, 0.3) is 0 Å². The van der Waals surface area contributed by atoms with E-state index in [-0.39, 0.29) is 24.2 Å². The van der Waals surface area contributed by atoms with Crippen LogP contribution in [0.1, 0.15) is 48.0 Å². The van der Waals surface area contributed by atoms with E-state index in [0.717, 1.165) is 50.9 Å². The third-order valence-electron chi connectivity index (χ3n) is 6.32. The third kappa shape index (κ3) is 7.50. The van der Waals surface area contributed by atoms with Crippen LogP contribution in [0.3, 0.4) is 0 Å². The maximum atomic E-state index is 13.0. The van der Waals surface area contributed by atoms with Crippen molar-refractivity contribution in [3.63, 3.8) is 0 Å². The van der Waals surface area contributed by atoms with Crippen LogP contribution in [-0.2, 0) is 11.4 Å². The summed E-state index contributed by atoms with van der Waals surface area (Å²) in [6, 6.07) is 8.63. The number of amides is 1. The lowest BCUT2D eigenvalue weighted by Crippen LogP contribution is -2.38. The van der Waals surface area contributed by atoms with Crippen LogP contribution in [-0.4, -0.2) is 50.4 Å². The highest BCUT2D eigenvalue weighted by Crippen LogP contribution is 2.32. The van der Waals surface area contributed by atoms with Crippen LogP contribution < -0.4 is 25.7 Å². The van der Waals surface area contributed by atoms with Gasteiger partial charge in [0.1, 0.15) is 23.9 Å². The van der Waals surface area contributed by atoms with Crippen molar-refractivity contribution in [2.24, 2.45) is 11.7 Å². The molecule has 1 aliphatic rings. The molecule has 2 aromatic rings. The average Bonchev–Trinajstić information content (AvgIpc) is 2.86. The molecule has 1 amide bonds. The van der Waals surface area contributed by atoms with Crippen LogP contribution in [0.15, 0.2) is 30.3 Å². The number of methoxy groups -OCH3 is 2. The van der Waals surface area contributed by atoms with Crippen molar-refractivity contribution < 1.29 is 23.8 Å². The number of nitrogens with two attached hydrogens (primary N) is 2. The molecule has 2 aromatic carbocycles. The van der Waals surface area contributed by atoms with Crippen molar-refractivity contribution in [2.45, 2.75) is 38.7 Å². The van der Waals surface area contributed by atoms with Crippen LogP contribution in [0.5, 0.6) is 17.2 Å². The summed E-state index contributed by atoms with van der Waals surface area (Å²) >= 11 is 6.22. The monoisotopic (exact) mass is 503 g/mol. The number of ether oxygens (including phenoxy) is 3. The van der Waals surface area contributed by atoms with Gasteiger partial charge in [-0.2, -0.15) is 0 Å². The summed E-state index contributed by atoms with van der Waals surface area (Å²) in [4.78, 5) is 26.7. The standard InChI is InChI=1S/C26H34ClN3O5/c1-33-19-11-17(12-20(13-19)34-2)16-35-25-15-23(28)22(27)14-21(25)24(31)5-3-4-8-30-9-6-18(7-10-30)26(29)32/h11-15,18H,3-10,16,28H2,1-2H3,(H2,29,32). The number of Topliss-reactive ketones (excluding diaryl/α,β-unsaturated/α-hetero) is 1. The summed E-state index contributed by atoms with van der Waals surface area (Å²) < 4.78 is 16.6. The summed E-state index contributed by atoms with van der Waals surface area (Å²) in [5.41, 5.74) is 13.0. The molecule has 190 valence electrons. The predicted molar refractivity (Wildman–Crippen MR) is 136 cm³/mol. The maximum absolute atomic E-state index is 13.0. The lowest BCUT2D eigenvalue weighted by molar-refractivity contribution is -0.123. The lowest BCUT2D eigenvalue weighted by atomic mass is 9.96. The molecular formula is C26H34ClN3O5. The smallest absolute Gasteiger partial charge is 0.220 e. The SMILES string of the molecule is COc1cc(COc2cc(N)c(Cl)cc2C(=O)CCCCN2CCC(C(N)=O)CC2)cc(OC)c1.